The Morgan fingerprint density at radius 2 is 2.15 bits per heavy atom. The Kier molecular flexibility index (Phi) is 4.59. The highest BCUT2D eigenvalue weighted by Crippen LogP contribution is 2.17. The number of aromatic hydroxyl groups is 1. The maximum absolute atomic E-state index is 11.9. The van der Waals surface area contributed by atoms with Crippen molar-refractivity contribution in [3.63, 3.8) is 0 Å². The zero-order chi connectivity index (χ0) is 14.6. The van der Waals surface area contributed by atoms with E-state index in [1.807, 2.05) is 0 Å². The molecule has 2 atom stereocenters. The van der Waals surface area contributed by atoms with Gasteiger partial charge in [-0.25, -0.2) is 0 Å². The van der Waals surface area contributed by atoms with Crippen LogP contribution < -0.4 is 11.1 Å². The molecule has 110 valence electrons. The minimum Gasteiger partial charge on any atom is -0.508 e. The molecule has 1 aromatic rings. The van der Waals surface area contributed by atoms with Crippen molar-refractivity contribution in [3.05, 3.63) is 29.8 Å². The molecule has 1 amide bonds. The van der Waals surface area contributed by atoms with Crippen molar-refractivity contribution >= 4 is 5.91 Å². The summed E-state index contributed by atoms with van der Waals surface area (Å²) in [6, 6.07) is 5.86. The minimum absolute atomic E-state index is 0.148. The van der Waals surface area contributed by atoms with E-state index in [-0.39, 0.29) is 24.8 Å². The molecule has 5 N–H and O–H groups in total. The molecule has 0 saturated carbocycles. The van der Waals surface area contributed by atoms with Crippen LogP contribution in [-0.2, 0) is 16.0 Å². The summed E-state index contributed by atoms with van der Waals surface area (Å²) >= 11 is 0. The van der Waals surface area contributed by atoms with Gasteiger partial charge in [0.1, 0.15) is 11.4 Å². The van der Waals surface area contributed by atoms with Gasteiger partial charge in [-0.2, -0.15) is 0 Å². The first-order chi connectivity index (χ1) is 9.48. The molecule has 0 aromatic heterocycles. The maximum Gasteiger partial charge on any atom is 0.237 e. The first-order valence-electron chi connectivity index (χ1n) is 6.60. The van der Waals surface area contributed by atoms with Gasteiger partial charge in [-0.1, -0.05) is 12.1 Å². The van der Waals surface area contributed by atoms with Crippen LogP contribution in [0.3, 0.4) is 0 Å². The second-order valence-corrected chi connectivity index (χ2v) is 5.22. The van der Waals surface area contributed by atoms with Gasteiger partial charge >= 0.3 is 0 Å². The average molecular weight is 280 g/mol. The van der Waals surface area contributed by atoms with E-state index in [2.05, 4.69) is 5.32 Å². The van der Waals surface area contributed by atoms with Gasteiger partial charge in [-0.15, -0.1) is 0 Å². The Hall–Kier alpha value is -1.63. The lowest BCUT2D eigenvalue weighted by Crippen LogP contribution is -2.49. The summed E-state index contributed by atoms with van der Waals surface area (Å²) in [5.74, 6) is -0.131. The second kappa shape index (κ2) is 6.21. The summed E-state index contributed by atoms with van der Waals surface area (Å²) in [5, 5.41) is 21.9. The van der Waals surface area contributed by atoms with Crippen LogP contribution in [0.15, 0.2) is 24.3 Å². The lowest BCUT2D eigenvalue weighted by atomic mass is 10.0. The number of phenols is 1. The molecular weight excluding hydrogens is 260 g/mol. The van der Waals surface area contributed by atoms with Crippen LogP contribution in [0.4, 0.5) is 0 Å². The number of ether oxygens (including phenoxy) is 1. The van der Waals surface area contributed by atoms with Crippen molar-refractivity contribution in [2.24, 2.45) is 5.73 Å². The Balaban J connectivity index is 1.81. The molecule has 1 aromatic carbocycles. The number of nitrogens with two attached hydrogens (primary N) is 1. The largest absolute Gasteiger partial charge is 0.508 e. The monoisotopic (exact) mass is 280 g/mol. The number of hydrogen-bond donors (Lipinski definition) is 4. The van der Waals surface area contributed by atoms with E-state index in [0.29, 0.717) is 19.4 Å². The Bertz CT molecular complexity index is 455. The van der Waals surface area contributed by atoms with Crippen LogP contribution in [0.25, 0.3) is 0 Å². The van der Waals surface area contributed by atoms with E-state index < -0.39 is 11.6 Å². The number of benzene rings is 1. The fraction of sp³-hybridized carbons (Fsp3) is 0.500. The number of carbonyl (C=O) groups excluding carboxylic acids is 1. The molecule has 2 rings (SSSR count). The molecule has 0 aliphatic carbocycles. The molecule has 0 spiro atoms. The molecule has 1 aliphatic heterocycles. The third-order valence-electron chi connectivity index (χ3n) is 3.40. The van der Waals surface area contributed by atoms with Gasteiger partial charge in [-0.3, -0.25) is 4.79 Å². The van der Waals surface area contributed by atoms with Gasteiger partial charge in [0, 0.05) is 19.6 Å². The lowest BCUT2D eigenvalue weighted by molar-refractivity contribution is -0.123. The second-order valence-electron chi connectivity index (χ2n) is 5.22. The number of rotatable bonds is 5. The van der Waals surface area contributed by atoms with Gasteiger partial charge in [0.2, 0.25) is 5.91 Å². The minimum atomic E-state index is -0.978. The highest BCUT2D eigenvalue weighted by Gasteiger charge is 2.32. The van der Waals surface area contributed by atoms with Crippen molar-refractivity contribution < 1.29 is 19.7 Å². The van der Waals surface area contributed by atoms with E-state index in [0.717, 1.165) is 5.56 Å². The van der Waals surface area contributed by atoms with Crippen molar-refractivity contribution in [1.29, 1.82) is 0 Å². The van der Waals surface area contributed by atoms with Gasteiger partial charge < -0.3 is 26.0 Å². The Morgan fingerprint density at radius 3 is 2.75 bits per heavy atom. The predicted molar refractivity (Wildman–Crippen MR) is 73.2 cm³/mol. The molecule has 1 aliphatic rings. The number of hydrogen-bond acceptors (Lipinski definition) is 5. The number of phenolic OH excluding ortho intramolecular Hbond substituents is 1. The summed E-state index contributed by atoms with van der Waals surface area (Å²) in [7, 11) is 0. The van der Waals surface area contributed by atoms with Crippen LogP contribution in [0, 0.1) is 0 Å². The molecule has 0 radical (unpaired) electrons. The van der Waals surface area contributed by atoms with Gasteiger partial charge in [-0.05, 0) is 24.1 Å². The Labute approximate surface area is 117 Å². The number of aliphatic hydroxyl groups is 1. The summed E-state index contributed by atoms with van der Waals surface area (Å²) in [5.41, 5.74) is 5.72. The molecule has 1 saturated heterocycles. The summed E-state index contributed by atoms with van der Waals surface area (Å²) in [6.45, 7) is 0.890. The molecule has 6 heteroatoms. The molecule has 1 heterocycles. The van der Waals surface area contributed by atoms with Crippen LogP contribution in [0.2, 0.25) is 0 Å². The number of amides is 1. The van der Waals surface area contributed by atoms with Gasteiger partial charge in [0.05, 0.1) is 12.6 Å². The SMILES string of the molecule is NC(Cc1ccc(O)cc1)C(=O)NCC1(O)CCOC1. The van der Waals surface area contributed by atoms with E-state index in [9.17, 15) is 15.0 Å². The van der Waals surface area contributed by atoms with Crippen molar-refractivity contribution in [2.75, 3.05) is 19.8 Å². The standard InChI is InChI=1S/C14H20N2O4/c15-12(7-10-1-3-11(17)4-2-10)13(18)16-8-14(19)5-6-20-9-14/h1-4,12,17,19H,5-9,15H2,(H,16,18). The van der Waals surface area contributed by atoms with Gasteiger partial charge in [0.25, 0.3) is 0 Å². The van der Waals surface area contributed by atoms with Crippen LogP contribution in [-0.4, -0.2) is 47.5 Å². The summed E-state index contributed by atoms with van der Waals surface area (Å²) in [4.78, 5) is 11.9. The fourth-order valence-electron chi connectivity index (χ4n) is 2.10. The normalized spacial score (nSPS) is 23.5. The molecule has 1 fully saturated rings. The van der Waals surface area contributed by atoms with Crippen molar-refractivity contribution in [1.82, 2.24) is 5.32 Å². The van der Waals surface area contributed by atoms with E-state index >= 15 is 0 Å². The van der Waals surface area contributed by atoms with E-state index in [4.69, 9.17) is 10.5 Å². The predicted octanol–water partition coefficient (Wildman–Crippen LogP) is -0.470. The molecule has 6 nitrogen and oxygen atoms in total. The van der Waals surface area contributed by atoms with Crippen LogP contribution in [0.1, 0.15) is 12.0 Å². The van der Waals surface area contributed by atoms with E-state index in [1.54, 1.807) is 24.3 Å². The third kappa shape index (κ3) is 3.93. The molecular formula is C14H20N2O4. The first-order valence-corrected chi connectivity index (χ1v) is 6.60. The summed E-state index contributed by atoms with van der Waals surface area (Å²) in [6.07, 6.45) is 0.890. The van der Waals surface area contributed by atoms with E-state index in [1.165, 1.54) is 0 Å². The topological polar surface area (TPSA) is 105 Å². The highest BCUT2D eigenvalue weighted by molar-refractivity contribution is 5.81. The number of carbonyl (C=O) groups is 1. The highest BCUT2D eigenvalue weighted by atomic mass is 16.5. The van der Waals surface area contributed by atoms with Crippen LogP contribution >= 0.6 is 0 Å². The zero-order valence-corrected chi connectivity index (χ0v) is 11.2. The molecule has 2 unspecified atom stereocenters. The third-order valence-corrected chi connectivity index (χ3v) is 3.40. The van der Waals surface area contributed by atoms with Gasteiger partial charge in [0.15, 0.2) is 0 Å². The molecule has 20 heavy (non-hydrogen) atoms. The summed E-state index contributed by atoms with van der Waals surface area (Å²) < 4.78 is 5.10. The Morgan fingerprint density at radius 1 is 1.45 bits per heavy atom. The fourth-order valence-corrected chi connectivity index (χ4v) is 2.10. The van der Waals surface area contributed by atoms with Crippen molar-refractivity contribution in [3.8, 4) is 5.75 Å². The number of nitrogens with one attached hydrogen (secondary N) is 1. The average Bonchev–Trinajstić information content (AvgIpc) is 2.86. The maximum atomic E-state index is 11.9. The first kappa shape index (κ1) is 14.8. The quantitative estimate of drug-likeness (QED) is 0.583. The molecule has 0 bridgehead atoms. The lowest BCUT2D eigenvalue weighted by Gasteiger charge is -2.22. The van der Waals surface area contributed by atoms with Crippen molar-refractivity contribution in [2.45, 2.75) is 24.5 Å². The van der Waals surface area contributed by atoms with Crippen LogP contribution in [0.5, 0.6) is 5.75 Å². The zero-order valence-electron chi connectivity index (χ0n) is 11.2. The smallest absolute Gasteiger partial charge is 0.237 e.